The number of nitrogens with zero attached hydrogens (tertiary/aromatic N) is 4. The Kier molecular flexibility index (Phi) is 5.43. The van der Waals surface area contributed by atoms with Crippen molar-refractivity contribution in [3.8, 4) is 0 Å². The molecular formula is C18H21N5O3. The molecule has 1 fully saturated rings. The van der Waals surface area contributed by atoms with Gasteiger partial charge in [0, 0.05) is 32.2 Å². The Morgan fingerprint density at radius 2 is 1.85 bits per heavy atom. The SMILES string of the molecule is COC(=O)c1ccccc1NC(=O)c1cc(N2CCN(C)CC2)ncn1. The lowest BCUT2D eigenvalue weighted by atomic mass is 10.1. The Balaban J connectivity index is 1.77. The van der Waals surface area contributed by atoms with Gasteiger partial charge in [-0.25, -0.2) is 14.8 Å². The summed E-state index contributed by atoms with van der Waals surface area (Å²) >= 11 is 0. The summed E-state index contributed by atoms with van der Waals surface area (Å²) in [7, 11) is 3.38. The van der Waals surface area contributed by atoms with E-state index in [1.54, 1.807) is 30.3 Å². The molecule has 1 amide bonds. The number of carbonyl (C=O) groups is 2. The zero-order valence-electron chi connectivity index (χ0n) is 14.8. The summed E-state index contributed by atoms with van der Waals surface area (Å²) in [6.07, 6.45) is 1.38. The lowest BCUT2D eigenvalue weighted by Gasteiger charge is -2.33. The smallest absolute Gasteiger partial charge is 0.339 e. The predicted octanol–water partition coefficient (Wildman–Crippen LogP) is 1.27. The van der Waals surface area contributed by atoms with E-state index in [4.69, 9.17) is 4.74 Å². The van der Waals surface area contributed by atoms with E-state index >= 15 is 0 Å². The van der Waals surface area contributed by atoms with Gasteiger partial charge in [-0.15, -0.1) is 0 Å². The van der Waals surface area contributed by atoms with Crippen LogP contribution in [0.2, 0.25) is 0 Å². The molecule has 0 spiro atoms. The number of methoxy groups -OCH3 is 1. The molecule has 2 aromatic rings. The predicted molar refractivity (Wildman–Crippen MR) is 97.5 cm³/mol. The van der Waals surface area contributed by atoms with Gasteiger partial charge in [-0.2, -0.15) is 0 Å². The van der Waals surface area contributed by atoms with E-state index in [0.717, 1.165) is 32.0 Å². The van der Waals surface area contributed by atoms with Crippen molar-refractivity contribution in [2.24, 2.45) is 0 Å². The zero-order valence-corrected chi connectivity index (χ0v) is 14.8. The Labute approximate surface area is 151 Å². The van der Waals surface area contributed by atoms with Gasteiger partial charge in [0.05, 0.1) is 18.4 Å². The molecule has 1 aromatic heterocycles. The van der Waals surface area contributed by atoms with Crippen molar-refractivity contribution in [3.05, 3.63) is 47.9 Å². The van der Waals surface area contributed by atoms with Gasteiger partial charge in [0.15, 0.2) is 0 Å². The largest absolute Gasteiger partial charge is 0.465 e. The van der Waals surface area contributed by atoms with Crippen LogP contribution in [0, 0.1) is 0 Å². The van der Waals surface area contributed by atoms with Gasteiger partial charge in [-0.1, -0.05) is 12.1 Å². The van der Waals surface area contributed by atoms with Crippen LogP contribution in [0.5, 0.6) is 0 Å². The van der Waals surface area contributed by atoms with Crippen molar-refractivity contribution in [3.63, 3.8) is 0 Å². The molecule has 2 heterocycles. The molecule has 136 valence electrons. The number of para-hydroxylation sites is 1. The molecular weight excluding hydrogens is 334 g/mol. The number of carbonyl (C=O) groups excluding carboxylic acids is 2. The summed E-state index contributed by atoms with van der Waals surface area (Å²) in [5, 5.41) is 2.72. The van der Waals surface area contributed by atoms with Crippen molar-refractivity contribution >= 4 is 23.4 Å². The number of hydrogen-bond acceptors (Lipinski definition) is 7. The molecule has 8 heteroatoms. The number of likely N-dealkylation sites (N-methyl/N-ethyl adjacent to an activating group) is 1. The number of ether oxygens (including phenoxy) is 1. The van der Waals surface area contributed by atoms with E-state index in [1.807, 2.05) is 0 Å². The van der Waals surface area contributed by atoms with Gasteiger partial charge < -0.3 is 19.9 Å². The summed E-state index contributed by atoms with van der Waals surface area (Å²) < 4.78 is 4.74. The van der Waals surface area contributed by atoms with E-state index in [9.17, 15) is 9.59 Å². The molecule has 0 atom stereocenters. The van der Waals surface area contributed by atoms with Gasteiger partial charge >= 0.3 is 5.97 Å². The second kappa shape index (κ2) is 7.92. The number of anilines is 2. The topological polar surface area (TPSA) is 87.7 Å². The van der Waals surface area contributed by atoms with Crippen LogP contribution < -0.4 is 10.2 Å². The fourth-order valence-electron chi connectivity index (χ4n) is 2.75. The van der Waals surface area contributed by atoms with Crippen LogP contribution in [-0.4, -0.2) is 67.1 Å². The van der Waals surface area contributed by atoms with Crippen LogP contribution >= 0.6 is 0 Å². The monoisotopic (exact) mass is 355 g/mol. The van der Waals surface area contributed by atoms with Crippen LogP contribution in [0.25, 0.3) is 0 Å². The van der Waals surface area contributed by atoms with Crippen molar-refractivity contribution in [1.82, 2.24) is 14.9 Å². The van der Waals surface area contributed by atoms with E-state index in [1.165, 1.54) is 13.4 Å². The second-order valence-electron chi connectivity index (χ2n) is 6.04. The number of benzene rings is 1. The summed E-state index contributed by atoms with van der Waals surface area (Å²) in [6.45, 7) is 3.58. The maximum absolute atomic E-state index is 12.6. The molecule has 1 N–H and O–H groups in total. The van der Waals surface area contributed by atoms with E-state index in [0.29, 0.717) is 5.69 Å². The highest BCUT2D eigenvalue weighted by Gasteiger charge is 2.19. The van der Waals surface area contributed by atoms with E-state index in [2.05, 4.69) is 32.1 Å². The minimum absolute atomic E-state index is 0.244. The maximum Gasteiger partial charge on any atom is 0.339 e. The molecule has 8 nitrogen and oxygen atoms in total. The van der Waals surface area contributed by atoms with Crippen molar-refractivity contribution in [2.75, 3.05) is 50.6 Å². The molecule has 1 aromatic carbocycles. The number of amides is 1. The van der Waals surface area contributed by atoms with Crippen LogP contribution in [-0.2, 0) is 4.74 Å². The molecule has 0 saturated carbocycles. The number of rotatable bonds is 4. The number of piperazine rings is 1. The van der Waals surface area contributed by atoms with Gasteiger partial charge in [-0.3, -0.25) is 4.79 Å². The summed E-state index contributed by atoms with van der Waals surface area (Å²) in [5.41, 5.74) is 0.911. The number of nitrogens with one attached hydrogen (secondary N) is 1. The van der Waals surface area contributed by atoms with Crippen molar-refractivity contribution in [1.29, 1.82) is 0 Å². The highest BCUT2D eigenvalue weighted by atomic mass is 16.5. The molecule has 0 radical (unpaired) electrons. The van der Waals surface area contributed by atoms with E-state index in [-0.39, 0.29) is 11.3 Å². The Bertz CT molecular complexity index is 803. The first kappa shape index (κ1) is 17.8. The number of esters is 1. The van der Waals surface area contributed by atoms with Crippen LogP contribution in [0.15, 0.2) is 36.7 Å². The first-order valence-electron chi connectivity index (χ1n) is 8.32. The third-order valence-corrected chi connectivity index (χ3v) is 4.29. The van der Waals surface area contributed by atoms with Crippen LogP contribution in [0.4, 0.5) is 11.5 Å². The lowest BCUT2D eigenvalue weighted by molar-refractivity contribution is 0.0602. The molecule has 3 rings (SSSR count). The second-order valence-corrected chi connectivity index (χ2v) is 6.04. The molecule has 0 aliphatic carbocycles. The van der Waals surface area contributed by atoms with Crippen LogP contribution in [0.3, 0.4) is 0 Å². The maximum atomic E-state index is 12.6. The zero-order chi connectivity index (χ0) is 18.5. The van der Waals surface area contributed by atoms with Gasteiger partial charge in [-0.05, 0) is 19.2 Å². The third-order valence-electron chi connectivity index (χ3n) is 4.29. The Hall–Kier alpha value is -3.00. The van der Waals surface area contributed by atoms with Crippen molar-refractivity contribution < 1.29 is 14.3 Å². The standard InChI is InChI=1S/C18H21N5O3/c1-22-7-9-23(10-8-22)16-11-15(19-12-20-16)17(24)21-14-6-4-3-5-13(14)18(25)26-2/h3-6,11-12H,7-10H2,1-2H3,(H,21,24). The molecule has 26 heavy (non-hydrogen) atoms. The highest BCUT2D eigenvalue weighted by molar-refractivity contribution is 6.07. The quantitative estimate of drug-likeness (QED) is 0.826. The average Bonchev–Trinajstić information content (AvgIpc) is 2.68. The first-order chi connectivity index (χ1) is 12.6. The minimum atomic E-state index is -0.512. The fourth-order valence-corrected chi connectivity index (χ4v) is 2.75. The van der Waals surface area contributed by atoms with Gasteiger partial charge in [0.2, 0.25) is 0 Å². The van der Waals surface area contributed by atoms with Gasteiger partial charge in [0.1, 0.15) is 17.8 Å². The average molecular weight is 355 g/mol. The van der Waals surface area contributed by atoms with Crippen molar-refractivity contribution in [2.45, 2.75) is 0 Å². The van der Waals surface area contributed by atoms with E-state index < -0.39 is 11.9 Å². The van der Waals surface area contributed by atoms with Crippen LogP contribution in [0.1, 0.15) is 20.8 Å². The summed E-state index contributed by atoms with van der Waals surface area (Å²) in [4.78, 5) is 37.1. The normalized spacial score (nSPS) is 14.8. The number of hydrogen-bond donors (Lipinski definition) is 1. The Morgan fingerprint density at radius 1 is 1.12 bits per heavy atom. The lowest BCUT2D eigenvalue weighted by Crippen LogP contribution is -2.44. The fraction of sp³-hybridized carbons (Fsp3) is 0.333. The highest BCUT2D eigenvalue weighted by Crippen LogP contribution is 2.18. The van der Waals surface area contributed by atoms with Gasteiger partial charge in [0.25, 0.3) is 5.91 Å². The Morgan fingerprint density at radius 3 is 2.58 bits per heavy atom. The molecule has 1 aliphatic heterocycles. The molecule has 1 saturated heterocycles. The summed E-state index contributed by atoms with van der Waals surface area (Å²) in [6, 6.07) is 8.35. The minimum Gasteiger partial charge on any atom is -0.465 e. The first-order valence-corrected chi connectivity index (χ1v) is 8.32. The summed E-state index contributed by atoms with van der Waals surface area (Å²) in [5.74, 6) is -0.194. The third kappa shape index (κ3) is 3.97. The molecule has 0 bridgehead atoms. The molecule has 1 aliphatic rings. The number of aromatic nitrogens is 2. The molecule has 0 unspecified atom stereocenters.